The first-order chi connectivity index (χ1) is 12.8. The van der Waals surface area contributed by atoms with Gasteiger partial charge in [0.05, 0.1) is 11.5 Å². The summed E-state index contributed by atoms with van der Waals surface area (Å²) in [6, 6.07) is 1.60. The van der Waals surface area contributed by atoms with Crippen LogP contribution < -0.4 is 10.4 Å². The van der Waals surface area contributed by atoms with Gasteiger partial charge in [0, 0.05) is 13.1 Å². The summed E-state index contributed by atoms with van der Waals surface area (Å²) in [5.74, 6) is -2.26. The van der Waals surface area contributed by atoms with E-state index >= 15 is 0 Å². The molecule has 0 unspecified atom stereocenters. The molecule has 1 N–H and O–H groups in total. The van der Waals surface area contributed by atoms with Gasteiger partial charge < -0.3 is 24.9 Å². The van der Waals surface area contributed by atoms with Crippen molar-refractivity contribution in [1.29, 1.82) is 0 Å². The first kappa shape index (κ1) is 21.5. The van der Waals surface area contributed by atoms with Gasteiger partial charge in [-0.05, 0) is 44.4 Å². The van der Waals surface area contributed by atoms with Crippen LogP contribution in [0, 0.1) is 0 Å². The van der Waals surface area contributed by atoms with Crippen molar-refractivity contribution in [1.82, 2.24) is 10.2 Å². The quantitative estimate of drug-likeness (QED) is 0.828. The summed E-state index contributed by atoms with van der Waals surface area (Å²) < 4.78 is 44.9. The minimum atomic E-state index is -4.79. The van der Waals surface area contributed by atoms with Gasteiger partial charge in [0.15, 0.2) is 0 Å². The third-order valence-corrected chi connectivity index (χ3v) is 4.00. The van der Waals surface area contributed by atoms with Crippen LogP contribution in [0.2, 0.25) is 0 Å². The molecule has 1 atom stereocenters. The molecule has 0 bridgehead atoms. The summed E-state index contributed by atoms with van der Waals surface area (Å²) in [6.07, 6.45) is -5.36. The predicted molar refractivity (Wildman–Crippen MR) is 89.0 cm³/mol. The number of halogens is 3. The van der Waals surface area contributed by atoms with Crippen molar-refractivity contribution in [3.63, 3.8) is 0 Å². The molecule has 0 spiro atoms. The number of nitrogens with one attached hydrogen (secondary N) is 1. The summed E-state index contributed by atoms with van der Waals surface area (Å²) in [7, 11) is 0. The van der Waals surface area contributed by atoms with E-state index in [1.165, 1.54) is 4.90 Å². The molecule has 1 fully saturated rings. The Hall–Kier alpha value is -2.78. The van der Waals surface area contributed by atoms with Gasteiger partial charge in [-0.2, -0.15) is 13.2 Å². The Morgan fingerprint density at radius 3 is 2.46 bits per heavy atom. The minimum Gasteiger partial charge on any atom is -0.545 e. The Bertz CT molecular complexity index is 786. The highest BCUT2D eigenvalue weighted by molar-refractivity contribution is 5.88. The number of aromatic carboxylic acids is 1. The van der Waals surface area contributed by atoms with Gasteiger partial charge in [-0.15, -0.1) is 0 Å². The second-order valence-electron chi connectivity index (χ2n) is 7.40. The molecule has 1 aliphatic rings. The number of carboxylic acid groups (broad SMARTS) is 1. The monoisotopic (exact) mass is 401 g/mol. The lowest BCUT2D eigenvalue weighted by Crippen LogP contribution is -2.43. The predicted octanol–water partition coefficient (Wildman–Crippen LogP) is 1.69. The third kappa shape index (κ3) is 5.37. The zero-order valence-electron chi connectivity index (χ0n) is 15.6. The number of carboxylic acids is 1. The Kier molecular flexibility index (Phi) is 5.91. The molecule has 0 aromatic heterocycles. The fourth-order valence-electron chi connectivity index (χ4n) is 2.79. The molecule has 0 radical (unpaired) electrons. The number of alkyl halides is 3. The first-order valence-corrected chi connectivity index (χ1v) is 8.47. The maximum absolute atomic E-state index is 13.3. The normalized spacial score (nSPS) is 17.6. The number of amides is 2. The third-order valence-electron chi connectivity index (χ3n) is 4.00. The van der Waals surface area contributed by atoms with Crippen molar-refractivity contribution in [3.8, 4) is 0 Å². The summed E-state index contributed by atoms with van der Waals surface area (Å²) in [5.41, 5.74) is -2.75. The summed E-state index contributed by atoms with van der Waals surface area (Å²) in [4.78, 5) is 36.2. The minimum absolute atomic E-state index is 0.138. The number of hydrogen-bond donors (Lipinski definition) is 1. The standard InChI is InChI=1S/C18H21F3N2O5/c1-17(2,3)28-16(27)22-13-6-7-23(14(13)24)9-11-5-4-10(15(25)26)8-12(11)18(19,20)21/h4-5,8,13H,6-7,9H2,1-3H3,(H,22,27)(H,25,26)/p-1/t13-/m0/s1. The number of nitrogens with zero attached hydrogens (tertiary/aromatic N) is 1. The molecule has 7 nitrogen and oxygen atoms in total. The molecule has 0 saturated carbocycles. The second-order valence-corrected chi connectivity index (χ2v) is 7.40. The van der Waals surface area contributed by atoms with Crippen LogP contribution in [0.3, 0.4) is 0 Å². The van der Waals surface area contributed by atoms with Crippen LogP contribution in [0.4, 0.5) is 18.0 Å². The molecule has 1 aromatic carbocycles. The number of carbonyl (C=O) groups excluding carboxylic acids is 3. The van der Waals surface area contributed by atoms with Crippen LogP contribution >= 0.6 is 0 Å². The van der Waals surface area contributed by atoms with Crippen molar-refractivity contribution < 1.29 is 37.4 Å². The zero-order chi connectivity index (χ0) is 21.3. The van der Waals surface area contributed by atoms with E-state index in [-0.39, 0.29) is 25.1 Å². The van der Waals surface area contributed by atoms with Crippen LogP contribution in [-0.2, 0) is 22.3 Å². The van der Waals surface area contributed by atoms with Gasteiger partial charge in [0.25, 0.3) is 0 Å². The number of hydrogen-bond acceptors (Lipinski definition) is 5. The highest BCUT2D eigenvalue weighted by atomic mass is 19.4. The summed E-state index contributed by atoms with van der Waals surface area (Å²) in [5, 5.41) is 13.2. The van der Waals surface area contributed by atoms with E-state index in [9.17, 15) is 32.7 Å². The van der Waals surface area contributed by atoms with Crippen molar-refractivity contribution in [3.05, 3.63) is 34.9 Å². The smallest absolute Gasteiger partial charge is 0.416 e. The number of benzene rings is 1. The molecule has 2 rings (SSSR count). The van der Waals surface area contributed by atoms with Gasteiger partial charge in [-0.3, -0.25) is 4.79 Å². The first-order valence-electron chi connectivity index (χ1n) is 8.47. The van der Waals surface area contributed by atoms with E-state index in [0.717, 1.165) is 12.1 Å². The van der Waals surface area contributed by atoms with E-state index in [1.54, 1.807) is 20.8 Å². The number of alkyl carbamates (subject to hydrolysis) is 1. The summed E-state index contributed by atoms with van der Waals surface area (Å²) >= 11 is 0. The second kappa shape index (κ2) is 7.69. The highest BCUT2D eigenvalue weighted by Crippen LogP contribution is 2.34. The summed E-state index contributed by atoms with van der Waals surface area (Å²) in [6.45, 7) is 4.74. The van der Waals surface area contributed by atoms with Crippen LogP contribution in [-0.4, -0.2) is 41.1 Å². The van der Waals surface area contributed by atoms with Crippen molar-refractivity contribution >= 4 is 18.0 Å². The van der Waals surface area contributed by atoms with Gasteiger partial charge in [0.2, 0.25) is 5.91 Å². The number of ether oxygens (including phenoxy) is 1. The van der Waals surface area contributed by atoms with Crippen LogP contribution in [0.15, 0.2) is 18.2 Å². The molecule has 0 aliphatic carbocycles. The average molecular weight is 401 g/mol. The lowest BCUT2D eigenvalue weighted by Gasteiger charge is -2.22. The van der Waals surface area contributed by atoms with Gasteiger partial charge in [0.1, 0.15) is 11.6 Å². The number of carbonyl (C=O) groups is 3. The lowest BCUT2D eigenvalue weighted by molar-refractivity contribution is -0.255. The van der Waals surface area contributed by atoms with E-state index in [0.29, 0.717) is 6.07 Å². The molecule has 1 saturated heterocycles. The zero-order valence-corrected chi connectivity index (χ0v) is 15.6. The molecule has 10 heteroatoms. The van der Waals surface area contributed by atoms with E-state index in [2.05, 4.69) is 5.32 Å². The average Bonchev–Trinajstić information content (AvgIpc) is 2.85. The van der Waals surface area contributed by atoms with Crippen LogP contribution in [0.5, 0.6) is 0 Å². The number of likely N-dealkylation sites (tertiary alicyclic amines) is 1. The molecule has 28 heavy (non-hydrogen) atoms. The van der Waals surface area contributed by atoms with Gasteiger partial charge >= 0.3 is 12.3 Å². The van der Waals surface area contributed by atoms with Crippen LogP contribution in [0.25, 0.3) is 0 Å². The molecule has 154 valence electrons. The van der Waals surface area contributed by atoms with Gasteiger partial charge in [-0.1, -0.05) is 12.1 Å². The molecule has 1 aliphatic heterocycles. The Balaban J connectivity index is 2.13. The van der Waals surface area contributed by atoms with Gasteiger partial charge in [-0.25, -0.2) is 4.79 Å². The highest BCUT2D eigenvalue weighted by Gasteiger charge is 2.37. The Morgan fingerprint density at radius 1 is 1.29 bits per heavy atom. The topological polar surface area (TPSA) is 98.8 Å². The molecule has 2 amide bonds. The Labute approximate surface area is 159 Å². The fraction of sp³-hybridized carbons (Fsp3) is 0.500. The lowest BCUT2D eigenvalue weighted by atomic mass is 10.0. The Morgan fingerprint density at radius 2 is 1.93 bits per heavy atom. The van der Waals surface area contributed by atoms with Crippen molar-refractivity contribution in [2.24, 2.45) is 0 Å². The van der Waals surface area contributed by atoms with Crippen molar-refractivity contribution in [2.75, 3.05) is 6.54 Å². The fourth-order valence-corrected chi connectivity index (χ4v) is 2.79. The number of rotatable bonds is 4. The van der Waals surface area contributed by atoms with Crippen LogP contribution in [0.1, 0.15) is 48.7 Å². The largest absolute Gasteiger partial charge is 0.545 e. The SMILES string of the molecule is CC(C)(C)OC(=O)N[C@H]1CCN(Cc2ccc(C(=O)[O-])cc2C(F)(F)F)C1=O. The maximum atomic E-state index is 13.3. The maximum Gasteiger partial charge on any atom is 0.416 e. The molecule has 1 aromatic rings. The van der Waals surface area contributed by atoms with Crippen molar-refractivity contribution in [2.45, 2.75) is 51.6 Å². The molecular formula is C18H20F3N2O5-. The molecular weight excluding hydrogens is 381 g/mol. The van der Waals surface area contributed by atoms with E-state index < -0.39 is 46.9 Å². The van der Waals surface area contributed by atoms with E-state index in [4.69, 9.17) is 4.74 Å². The molecule has 1 heterocycles. The van der Waals surface area contributed by atoms with E-state index in [1.807, 2.05) is 0 Å².